The highest BCUT2D eigenvalue weighted by Gasteiger charge is 2.10. The van der Waals surface area contributed by atoms with E-state index in [2.05, 4.69) is 9.97 Å². The number of aryl methyl sites for hydroxylation is 1. The van der Waals surface area contributed by atoms with E-state index >= 15 is 0 Å². The molecule has 0 aliphatic heterocycles. The maximum Gasteiger partial charge on any atom is 0.269 e. The van der Waals surface area contributed by atoms with Gasteiger partial charge in [0.1, 0.15) is 11.6 Å². The first-order valence-corrected chi connectivity index (χ1v) is 7.41. The van der Waals surface area contributed by atoms with E-state index in [0.29, 0.717) is 28.0 Å². The van der Waals surface area contributed by atoms with Gasteiger partial charge in [0.2, 0.25) is 0 Å². The van der Waals surface area contributed by atoms with Crippen LogP contribution in [0.1, 0.15) is 23.7 Å². The molecule has 1 aromatic heterocycles. The van der Waals surface area contributed by atoms with Crippen LogP contribution in [0.15, 0.2) is 34.2 Å². The van der Waals surface area contributed by atoms with Crippen LogP contribution in [0.5, 0.6) is 0 Å². The van der Waals surface area contributed by atoms with E-state index in [1.807, 2.05) is 37.3 Å². The normalized spacial score (nSPS) is 10.2. The number of aromatic nitrogens is 2. The van der Waals surface area contributed by atoms with Crippen LogP contribution in [-0.4, -0.2) is 9.97 Å². The van der Waals surface area contributed by atoms with Crippen LogP contribution in [-0.2, 0) is 12.2 Å². The molecule has 0 saturated heterocycles. The number of nitrogens with one attached hydrogen (secondary N) is 1. The fraction of sp³-hybridized carbons (Fsp3) is 0.214. The fourth-order valence-corrected chi connectivity index (χ4v) is 2.86. The number of aromatic amines is 1. The van der Waals surface area contributed by atoms with Crippen molar-refractivity contribution in [3.63, 3.8) is 0 Å². The summed E-state index contributed by atoms with van der Waals surface area (Å²) in [5.41, 5.74) is 1.21. The lowest BCUT2D eigenvalue weighted by atomic mass is 10.2. The Kier molecular flexibility index (Phi) is 4.83. The summed E-state index contributed by atoms with van der Waals surface area (Å²) in [6, 6.07) is 9.42. The van der Waals surface area contributed by atoms with Gasteiger partial charge in [0.25, 0.3) is 5.56 Å². The van der Waals surface area contributed by atoms with Gasteiger partial charge in [-0.2, -0.15) is 5.26 Å². The van der Waals surface area contributed by atoms with Gasteiger partial charge in [0.15, 0.2) is 5.16 Å². The summed E-state index contributed by atoms with van der Waals surface area (Å²) >= 11 is 7.47. The Morgan fingerprint density at radius 2 is 2.20 bits per heavy atom. The maximum absolute atomic E-state index is 11.8. The lowest BCUT2D eigenvalue weighted by Gasteiger charge is -2.05. The van der Waals surface area contributed by atoms with Crippen LogP contribution in [0.4, 0.5) is 0 Å². The zero-order chi connectivity index (χ0) is 14.5. The van der Waals surface area contributed by atoms with Gasteiger partial charge in [-0.25, -0.2) is 4.98 Å². The van der Waals surface area contributed by atoms with Gasteiger partial charge in [-0.05, 0) is 18.1 Å². The number of rotatable bonds is 4. The molecule has 1 N–H and O–H groups in total. The molecule has 0 unspecified atom stereocenters. The summed E-state index contributed by atoms with van der Waals surface area (Å²) < 4.78 is 0. The zero-order valence-corrected chi connectivity index (χ0v) is 12.4. The SMILES string of the molecule is CCc1nc(SCc2ccccc2Cl)[nH]c(=O)c1C#N. The van der Waals surface area contributed by atoms with Gasteiger partial charge < -0.3 is 4.98 Å². The van der Waals surface area contributed by atoms with Crippen molar-refractivity contribution in [1.82, 2.24) is 9.97 Å². The third-order valence-corrected chi connectivity index (χ3v) is 4.03. The lowest BCUT2D eigenvalue weighted by molar-refractivity contribution is 0.859. The van der Waals surface area contributed by atoms with Crippen LogP contribution in [0.25, 0.3) is 0 Å². The zero-order valence-electron chi connectivity index (χ0n) is 10.8. The largest absolute Gasteiger partial charge is 0.300 e. The Bertz CT molecular complexity index is 721. The Balaban J connectivity index is 2.23. The first-order chi connectivity index (χ1) is 9.65. The van der Waals surface area contributed by atoms with E-state index in [0.717, 1.165) is 5.56 Å². The van der Waals surface area contributed by atoms with E-state index in [-0.39, 0.29) is 11.1 Å². The van der Waals surface area contributed by atoms with Crippen LogP contribution in [0.2, 0.25) is 5.02 Å². The van der Waals surface area contributed by atoms with E-state index in [1.165, 1.54) is 11.8 Å². The molecule has 20 heavy (non-hydrogen) atoms. The van der Waals surface area contributed by atoms with Crippen LogP contribution in [0, 0.1) is 11.3 Å². The topological polar surface area (TPSA) is 69.5 Å². The number of hydrogen-bond donors (Lipinski definition) is 1. The molecular formula is C14H12ClN3OS. The summed E-state index contributed by atoms with van der Waals surface area (Å²) in [6.07, 6.45) is 0.548. The molecule has 0 fully saturated rings. The minimum atomic E-state index is -0.388. The van der Waals surface area contributed by atoms with E-state index in [9.17, 15) is 4.79 Å². The number of halogens is 1. The highest BCUT2D eigenvalue weighted by Crippen LogP contribution is 2.24. The van der Waals surface area contributed by atoms with E-state index in [1.54, 1.807) is 0 Å². The molecule has 2 aromatic rings. The van der Waals surface area contributed by atoms with Crippen molar-refractivity contribution in [3.8, 4) is 6.07 Å². The molecule has 0 aliphatic rings. The first-order valence-electron chi connectivity index (χ1n) is 6.05. The van der Waals surface area contributed by atoms with Gasteiger partial charge in [-0.15, -0.1) is 0 Å². The first kappa shape index (κ1) is 14.6. The number of thioether (sulfide) groups is 1. The summed E-state index contributed by atoms with van der Waals surface area (Å²) in [5.74, 6) is 0.609. The third-order valence-electron chi connectivity index (χ3n) is 2.74. The van der Waals surface area contributed by atoms with Crippen molar-refractivity contribution in [1.29, 1.82) is 5.26 Å². The monoisotopic (exact) mass is 305 g/mol. The molecule has 0 atom stereocenters. The second-order valence-corrected chi connectivity index (χ2v) is 5.41. The molecule has 0 aliphatic carbocycles. The molecular weight excluding hydrogens is 294 g/mol. The molecule has 1 aromatic carbocycles. The number of benzene rings is 1. The van der Waals surface area contributed by atoms with Gasteiger partial charge >= 0.3 is 0 Å². The Hall–Kier alpha value is -1.77. The molecule has 0 spiro atoms. The van der Waals surface area contributed by atoms with Crippen molar-refractivity contribution in [2.24, 2.45) is 0 Å². The van der Waals surface area contributed by atoms with Crippen molar-refractivity contribution in [3.05, 3.63) is 56.5 Å². The summed E-state index contributed by atoms with van der Waals surface area (Å²) in [5, 5.41) is 10.1. The fourth-order valence-electron chi connectivity index (χ4n) is 1.70. The molecule has 4 nitrogen and oxygen atoms in total. The Labute approximate surface area is 125 Å². The maximum atomic E-state index is 11.8. The highest BCUT2D eigenvalue weighted by molar-refractivity contribution is 7.98. The highest BCUT2D eigenvalue weighted by atomic mass is 35.5. The van der Waals surface area contributed by atoms with Gasteiger partial charge in [0.05, 0.1) is 5.69 Å². The van der Waals surface area contributed by atoms with Crippen LogP contribution in [0.3, 0.4) is 0 Å². The number of hydrogen-bond acceptors (Lipinski definition) is 4. The summed E-state index contributed by atoms with van der Waals surface area (Å²) in [7, 11) is 0. The molecule has 0 radical (unpaired) electrons. The van der Waals surface area contributed by atoms with Crippen LogP contribution >= 0.6 is 23.4 Å². The second-order valence-electron chi connectivity index (χ2n) is 4.04. The van der Waals surface area contributed by atoms with Crippen molar-refractivity contribution in [2.45, 2.75) is 24.3 Å². The number of H-pyrrole nitrogens is 1. The Morgan fingerprint density at radius 3 is 2.85 bits per heavy atom. The predicted molar refractivity (Wildman–Crippen MR) is 80.0 cm³/mol. The summed E-state index contributed by atoms with van der Waals surface area (Å²) in [4.78, 5) is 18.7. The van der Waals surface area contributed by atoms with Gasteiger partial charge in [0, 0.05) is 10.8 Å². The smallest absolute Gasteiger partial charge is 0.269 e. The average molecular weight is 306 g/mol. The second kappa shape index (κ2) is 6.60. The standard InChI is InChI=1S/C14H12ClN3OS/c1-2-12-10(7-16)13(19)18-14(17-12)20-8-9-5-3-4-6-11(9)15/h3-6H,2,8H2,1H3,(H,17,18,19). The Morgan fingerprint density at radius 1 is 1.45 bits per heavy atom. The predicted octanol–water partition coefficient (Wildman–Crippen LogP) is 3.15. The molecule has 102 valence electrons. The molecule has 0 bridgehead atoms. The van der Waals surface area contributed by atoms with E-state index < -0.39 is 0 Å². The van der Waals surface area contributed by atoms with Gasteiger partial charge in [-0.1, -0.05) is 48.5 Å². The minimum Gasteiger partial charge on any atom is -0.300 e. The molecule has 1 heterocycles. The molecule has 2 rings (SSSR count). The van der Waals surface area contributed by atoms with Crippen molar-refractivity contribution >= 4 is 23.4 Å². The minimum absolute atomic E-state index is 0.0922. The third kappa shape index (κ3) is 3.21. The van der Waals surface area contributed by atoms with Crippen molar-refractivity contribution < 1.29 is 0 Å². The van der Waals surface area contributed by atoms with Gasteiger partial charge in [-0.3, -0.25) is 4.79 Å². The summed E-state index contributed by atoms with van der Waals surface area (Å²) in [6.45, 7) is 1.87. The average Bonchev–Trinajstić information content (AvgIpc) is 2.45. The van der Waals surface area contributed by atoms with E-state index in [4.69, 9.17) is 16.9 Å². The molecule has 0 amide bonds. The molecule has 0 saturated carbocycles. The van der Waals surface area contributed by atoms with Crippen LogP contribution < -0.4 is 5.56 Å². The lowest BCUT2D eigenvalue weighted by Crippen LogP contribution is -2.16. The number of nitrogens with zero attached hydrogens (tertiary/aromatic N) is 2. The molecule has 6 heteroatoms. The quantitative estimate of drug-likeness (QED) is 0.696. The van der Waals surface area contributed by atoms with Crippen molar-refractivity contribution in [2.75, 3.05) is 0 Å². The number of nitriles is 1.